The second-order valence-corrected chi connectivity index (χ2v) is 5.02. The first-order valence-corrected chi connectivity index (χ1v) is 6.73. The van der Waals surface area contributed by atoms with Gasteiger partial charge in [-0.05, 0) is 25.0 Å². The molecule has 1 aromatic heterocycles. The highest BCUT2D eigenvalue weighted by Gasteiger charge is 2.33. The number of hydrogen-bond donors (Lipinski definition) is 0. The summed E-state index contributed by atoms with van der Waals surface area (Å²) in [5.41, 5.74) is -0.932. The summed E-state index contributed by atoms with van der Waals surface area (Å²) in [5, 5.41) is 0. The fourth-order valence-electron chi connectivity index (χ4n) is 2.36. The van der Waals surface area contributed by atoms with Crippen LogP contribution in [0.5, 0.6) is 0 Å². The molecule has 0 spiro atoms. The Morgan fingerprint density at radius 2 is 1.91 bits per heavy atom. The highest BCUT2D eigenvalue weighted by molar-refractivity contribution is 5.94. The molecule has 2 heterocycles. The molecule has 0 atom stereocenters. The van der Waals surface area contributed by atoms with Gasteiger partial charge < -0.3 is 9.64 Å². The summed E-state index contributed by atoms with van der Waals surface area (Å²) in [6.07, 6.45) is -2.64. The van der Waals surface area contributed by atoms with E-state index in [1.54, 1.807) is 0 Å². The number of halogens is 3. The molecule has 1 fully saturated rings. The number of methoxy groups -OCH3 is 1. The standard InChI is InChI=1S/C14H15F3N2O3/c1-22-13(21)9-4-6-19(7-5-9)12(20)10-2-3-11(18-8-10)14(15,16)17/h2-3,8-9H,4-7H2,1H3. The Labute approximate surface area is 125 Å². The van der Waals surface area contributed by atoms with Gasteiger partial charge in [0.05, 0.1) is 18.6 Å². The van der Waals surface area contributed by atoms with Crippen LogP contribution < -0.4 is 0 Å². The molecule has 0 radical (unpaired) electrons. The number of esters is 1. The molecule has 1 aliphatic heterocycles. The van der Waals surface area contributed by atoms with Crippen LogP contribution in [0.25, 0.3) is 0 Å². The minimum Gasteiger partial charge on any atom is -0.469 e. The van der Waals surface area contributed by atoms with Gasteiger partial charge in [-0.25, -0.2) is 0 Å². The number of carbonyl (C=O) groups is 2. The number of alkyl halides is 3. The maximum absolute atomic E-state index is 12.4. The van der Waals surface area contributed by atoms with Crippen LogP contribution >= 0.6 is 0 Å². The fraction of sp³-hybridized carbons (Fsp3) is 0.500. The van der Waals surface area contributed by atoms with Crippen LogP contribution in [0.15, 0.2) is 18.3 Å². The topological polar surface area (TPSA) is 59.5 Å². The van der Waals surface area contributed by atoms with Crippen LogP contribution in [-0.4, -0.2) is 42.0 Å². The third-order valence-corrected chi connectivity index (χ3v) is 3.62. The van der Waals surface area contributed by atoms with E-state index in [9.17, 15) is 22.8 Å². The Hall–Kier alpha value is -2.12. The lowest BCUT2D eigenvalue weighted by atomic mass is 9.96. The van der Waals surface area contributed by atoms with Gasteiger partial charge in [0.2, 0.25) is 0 Å². The van der Waals surface area contributed by atoms with Gasteiger partial charge in [-0.3, -0.25) is 14.6 Å². The smallest absolute Gasteiger partial charge is 0.433 e. The molecule has 5 nitrogen and oxygen atoms in total. The zero-order chi connectivity index (χ0) is 16.3. The van der Waals surface area contributed by atoms with Crippen molar-refractivity contribution in [2.24, 2.45) is 5.92 Å². The maximum atomic E-state index is 12.4. The first-order valence-electron chi connectivity index (χ1n) is 6.73. The molecule has 120 valence electrons. The Bertz CT molecular complexity index is 549. The summed E-state index contributed by atoms with van der Waals surface area (Å²) in [6, 6.07) is 1.90. The summed E-state index contributed by atoms with van der Waals surface area (Å²) in [6.45, 7) is 0.721. The highest BCUT2D eigenvalue weighted by Crippen LogP contribution is 2.27. The summed E-state index contributed by atoms with van der Waals surface area (Å²) in [7, 11) is 1.31. The molecule has 0 N–H and O–H groups in total. The van der Waals surface area contributed by atoms with Crippen molar-refractivity contribution in [1.82, 2.24) is 9.88 Å². The van der Waals surface area contributed by atoms with E-state index in [4.69, 9.17) is 0 Å². The maximum Gasteiger partial charge on any atom is 0.433 e. The van der Waals surface area contributed by atoms with Crippen LogP contribution in [-0.2, 0) is 15.7 Å². The van der Waals surface area contributed by atoms with Crippen molar-refractivity contribution in [1.29, 1.82) is 0 Å². The zero-order valence-electron chi connectivity index (χ0n) is 11.9. The van der Waals surface area contributed by atoms with Crippen LogP contribution in [0.1, 0.15) is 28.9 Å². The van der Waals surface area contributed by atoms with Crippen molar-refractivity contribution in [3.05, 3.63) is 29.6 Å². The number of hydrogen-bond acceptors (Lipinski definition) is 4. The van der Waals surface area contributed by atoms with E-state index in [2.05, 4.69) is 9.72 Å². The van der Waals surface area contributed by atoms with Crippen molar-refractivity contribution >= 4 is 11.9 Å². The molecule has 0 unspecified atom stereocenters. The molecular weight excluding hydrogens is 301 g/mol. The van der Waals surface area contributed by atoms with E-state index < -0.39 is 11.9 Å². The molecule has 22 heavy (non-hydrogen) atoms. The van der Waals surface area contributed by atoms with Crippen molar-refractivity contribution in [3.63, 3.8) is 0 Å². The lowest BCUT2D eigenvalue weighted by molar-refractivity contribution is -0.146. The average molecular weight is 316 g/mol. The van der Waals surface area contributed by atoms with E-state index in [0.29, 0.717) is 25.9 Å². The number of likely N-dealkylation sites (tertiary alicyclic amines) is 1. The van der Waals surface area contributed by atoms with E-state index in [1.807, 2.05) is 0 Å². The molecule has 1 aromatic rings. The van der Waals surface area contributed by atoms with Gasteiger partial charge >= 0.3 is 12.1 Å². The second kappa shape index (κ2) is 6.33. The molecule has 0 saturated carbocycles. The lowest BCUT2D eigenvalue weighted by Crippen LogP contribution is -2.40. The molecule has 8 heteroatoms. The van der Waals surface area contributed by atoms with Gasteiger partial charge in [-0.1, -0.05) is 0 Å². The minimum absolute atomic E-state index is 0.101. The van der Waals surface area contributed by atoms with Gasteiger partial charge in [0, 0.05) is 19.3 Å². The van der Waals surface area contributed by atoms with Crippen LogP contribution in [0, 0.1) is 5.92 Å². The average Bonchev–Trinajstić information content (AvgIpc) is 2.53. The van der Waals surface area contributed by atoms with Gasteiger partial charge in [0.15, 0.2) is 0 Å². The van der Waals surface area contributed by atoms with E-state index >= 15 is 0 Å². The van der Waals surface area contributed by atoms with Crippen molar-refractivity contribution in [3.8, 4) is 0 Å². The number of rotatable bonds is 2. The molecule has 1 saturated heterocycles. The summed E-state index contributed by atoms with van der Waals surface area (Å²) >= 11 is 0. The minimum atomic E-state index is -4.53. The summed E-state index contributed by atoms with van der Waals surface area (Å²) in [5.74, 6) is -0.924. The monoisotopic (exact) mass is 316 g/mol. The number of amides is 1. The zero-order valence-corrected chi connectivity index (χ0v) is 11.9. The fourth-order valence-corrected chi connectivity index (χ4v) is 2.36. The first-order chi connectivity index (χ1) is 10.3. The van der Waals surface area contributed by atoms with Crippen molar-refractivity contribution in [2.45, 2.75) is 19.0 Å². The predicted molar refractivity (Wildman–Crippen MR) is 69.9 cm³/mol. The Morgan fingerprint density at radius 3 is 2.36 bits per heavy atom. The van der Waals surface area contributed by atoms with Gasteiger partial charge in [0.1, 0.15) is 5.69 Å². The molecule has 0 aliphatic carbocycles. The summed E-state index contributed by atoms with van der Waals surface area (Å²) < 4.78 is 41.9. The molecule has 1 amide bonds. The van der Waals surface area contributed by atoms with Crippen LogP contribution in [0.4, 0.5) is 13.2 Å². The van der Waals surface area contributed by atoms with Crippen LogP contribution in [0.2, 0.25) is 0 Å². The van der Waals surface area contributed by atoms with E-state index in [0.717, 1.165) is 18.3 Å². The number of piperidine rings is 1. The third-order valence-electron chi connectivity index (χ3n) is 3.62. The van der Waals surface area contributed by atoms with Gasteiger partial charge in [0.25, 0.3) is 5.91 Å². The predicted octanol–water partition coefficient (Wildman–Crippen LogP) is 2.13. The first kappa shape index (κ1) is 16.3. The number of ether oxygens (including phenoxy) is 1. The van der Waals surface area contributed by atoms with E-state index in [1.165, 1.54) is 12.0 Å². The number of pyridine rings is 1. The molecule has 1 aliphatic rings. The van der Waals surface area contributed by atoms with Gasteiger partial charge in [-0.2, -0.15) is 13.2 Å². The Morgan fingerprint density at radius 1 is 1.27 bits per heavy atom. The number of nitrogens with zero attached hydrogens (tertiary/aromatic N) is 2. The SMILES string of the molecule is COC(=O)C1CCN(C(=O)c2ccc(C(F)(F)F)nc2)CC1. The Balaban J connectivity index is 2.00. The number of aromatic nitrogens is 1. The third kappa shape index (κ3) is 3.55. The molecule has 0 aromatic carbocycles. The van der Waals surface area contributed by atoms with Gasteiger partial charge in [-0.15, -0.1) is 0 Å². The quantitative estimate of drug-likeness (QED) is 0.784. The highest BCUT2D eigenvalue weighted by atomic mass is 19.4. The molecule has 2 rings (SSSR count). The number of carbonyl (C=O) groups excluding carboxylic acids is 2. The summed E-state index contributed by atoms with van der Waals surface area (Å²) in [4.78, 5) is 28.4. The van der Waals surface area contributed by atoms with Crippen molar-refractivity contribution in [2.75, 3.05) is 20.2 Å². The normalized spacial score (nSPS) is 16.5. The Kier molecular flexibility index (Phi) is 4.68. The van der Waals surface area contributed by atoms with Crippen LogP contribution in [0.3, 0.4) is 0 Å². The lowest BCUT2D eigenvalue weighted by Gasteiger charge is -2.30. The second-order valence-electron chi connectivity index (χ2n) is 5.02. The molecule has 0 bridgehead atoms. The van der Waals surface area contributed by atoms with Crippen molar-refractivity contribution < 1.29 is 27.5 Å². The van der Waals surface area contributed by atoms with E-state index in [-0.39, 0.29) is 23.4 Å². The largest absolute Gasteiger partial charge is 0.469 e. The molecular formula is C14H15F3N2O3.